The van der Waals surface area contributed by atoms with Gasteiger partial charge >= 0.3 is 6.18 Å². The molecule has 0 bridgehead atoms. The summed E-state index contributed by atoms with van der Waals surface area (Å²) in [5.74, 6) is -1.98. The van der Waals surface area contributed by atoms with Crippen molar-refractivity contribution in [3.8, 4) is 0 Å². The highest BCUT2D eigenvalue weighted by Crippen LogP contribution is 2.32. The number of rotatable bonds is 5. The largest absolute Gasteiger partial charge is 0.419 e. The molecule has 0 fully saturated rings. The predicted octanol–water partition coefficient (Wildman–Crippen LogP) is 3.61. The molecule has 0 aliphatic rings. The van der Waals surface area contributed by atoms with Crippen molar-refractivity contribution in [2.24, 2.45) is 5.73 Å². The maximum atomic E-state index is 13.7. The second-order valence-electron chi connectivity index (χ2n) is 6.86. The van der Waals surface area contributed by atoms with E-state index in [2.05, 4.69) is 5.32 Å². The molecule has 2 aromatic carbocycles. The van der Waals surface area contributed by atoms with Crippen molar-refractivity contribution in [2.75, 3.05) is 11.9 Å². The minimum Gasteiger partial charge on any atom is -0.329 e. The smallest absolute Gasteiger partial charge is 0.329 e. The number of anilines is 1. The molecule has 3 rings (SSSR count). The highest BCUT2D eigenvalue weighted by Gasteiger charge is 2.33. The lowest BCUT2D eigenvalue weighted by atomic mass is 10.0. The first-order valence-corrected chi connectivity index (χ1v) is 9.10. The number of hydrogen-bond acceptors (Lipinski definition) is 3. The Hall–Kier alpha value is -3.20. The summed E-state index contributed by atoms with van der Waals surface area (Å²) in [5, 5.41) is 3.61. The summed E-state index contributed by atoms with van der Waals surface area (Å²) in [5.41, 5.74) is 5.09. The molecule has 0 radical (unpaired) electrons. The van der Waals surface area contributed by atoms with E-state index in [-0.39, 0.29) is 17.5 Å². The van der Waals surface area contributed by atoms with Crippen LogP contribution in [0.1, 0.15) is 16.7 Å². The monoisotopic (exact) mass is 421 g/mol. The standard InChI is InChI=1S/C21H19F4N3O2/c1-12-2-4-15-14(6-8-28(9-7-26)20(15)30)19(12)27-18(29)11-13-3-5-16(17(22)10-13)21(23,24)25/h2-6,8,10H,7,9,11,26H2,1H3,(H,27,29). The van der Waals surface area contributed by atoms with Crippen LogP contribution in [0.25, 0.3) is 10.8 Å². The molecule has 0 saturated carbocycles. The van der Waals surface area contributed by atoms with Crippen LogP contribution in [0.3, 0.4) is 0 Å². The highest BCUT2D eigenvalue weighted by atomic mass is 19.4. The fraction of sp³-hybridized carbons (Fsp3) is 0.238. The van der Waals surface area contributed by atoms with E-state index < -0.39 is 23.5 Å². The number of hydrogen-bond donors (Lipinski definition) is 2. The molecule has 0 unspecified atom stereocenters. The van der Waals surface area contributed by atoms with Gasteiger partial charge in [-0.1, -0.05) is 12.1 Å². The average molecular weight is 421 g/mol. The van der Waals surface area contributed by atoms with Gasteiger partial charge in [0.15, 0.2) is 0 Å². The molecule has 0 saturated heterocycles. The average Bonchev–Trinajstić information content (AvgIpc) is 2.65. The van der Waals surface area contributed by atoms with Gasteiger partial charge in [-0.2, -0.15) is 13.2 Å². The van der Waals surface area contributed by atoms with E-state index in [0.29, 0.717) is 47.2 Å². The number of nitrogens with zero attached hydrogens (tertiary/aromatic N) is 1. The van der Waals surface area contributed by atoms with E-state index in [1.807, 2.05) is 0 Å². The Kier molecular flexibility index (Phi) is 5.93. The van der Waals surface area contributed by atoms with E-state index in [1.54, 1.807) is 31.3 Å². The van der Waals surface area contributed by atoms with Crippen LogP contribution in [-0.2, 0) is 23.9 Å². The van der Waals surface area contributed by atoms with Gasteiger partial charge in [-0.3, -0.25) is 9.59 Å². The van der Waals surface area contributed by atoms with Gasteiger partial charge in [-0.05, 0) is 42.3 Å². The molecule has 1 heterocycles. The second kappa shape index (κ2) is 8.27. The van der Waals surface area contributed by atoms with Crippen molar-refractivity contribution in [2.45, 2.75) is 26.1 Å². The summed E-state index contributed by atoms with van der Waals surface area (Å²) in [6, 6.07) is 7.40. The topological polar surface area (TPSA) is 77.1 Å². The molecule has 1 amide bonds. The third-order valence-electron chi connectivity index (χ3n) is 4.70. The number of amides is 1. The van der Waals surface area contributed by atoms with Crippen molar-refractivity contribution in [3.05, 3.63) is 75.5 Å². The van der Waals surface area contributed by atoms with E-state index in [0.717, 1.165) is 6.07 Å². The van der Waals surface area contributed by atoms with Gasteiger partial charge in [0, 0.05) is 30.1 Å². The molecule has 0 atom stereocenters. The molecule has 9 heteroatoms. The first kappa shape index (κ1) is 21.5. The SMILES string of the molecule is Cc1ccc2c(=O)n(CCN)ccc2c1NC(=O)Cc1ccc(C(F)(F)F)c(F)c1. The van der Waals surface area contributed by atoms with Crippen molar-refractivity contribution >= 4 is 22.4 Å². The molecule has 0 aliphatic heterocycles. The van der Waals surface area contributed by atoms with Crippen LogP contribution in [0.4, 0.5) is 23.2 Å². The van der Waals surface area contributed by atoms with E-state index in [1.165, 1.54) is 4.57 Å². The fourth-order valence-corrected chi connectivity index (χ4v) is 3.22. The lowest BCUT2D eigenvalue weighted by molar-refractivity contribution is -0.140. The number of aryl methyl sites for hydroxylation is 1. The highest BCUT2D eigenvalue weighted by molar-refractivity contribution is 6.03. The molecular weight excluding hydrogens is 402 g/mol. The molecule has 1 aromatic heterocycles. The zero-order valence-corrected chi connectivity index (χ0v) is 16.0. The van der Waals surface area contributed by atoms with Gasteiger partial charge < -0.3 is 15.6 Å². The predicted molar refractivity (Wildman–Crippen MR) is 106 cm³/mol. The van der Waals surface area contributed by atoms with Crippen molar-refractivity contribution < 1.29 is 22.4 Å². The zero-order valence-electron chi connectivity index (χ0n) is 16.0. The first-order chi connectivity index (χ1) is 14.1. The van der Waals surface area contributed by atoms with Crippen LogP contribution in [0.5, 0.6) is 0 Å². The minimum atomic E-state index is -4.80. The van der Waals surface area contributed by atoms with Gasteiger partial charge in [0.1, 0.15) is 5.82 Å². The van der Waals surface area contributed by atoms with Crippen LogP contribution in [0.2, 0.25) is 0 Å². The molecule has 5 nitrogen and oxygen atoms in total. The number of nitrogens with two attached hydrogens (primary N) is 1. The Labute approximate surface area is 169 Å². The fourth-order valence-electron chi connectivity index (χ4n) is 3.22. The minimum absolute atomic E-state index is 0.0983. The molecule has 158 valence electrons. The Balaban J connectivity index is 1.88. The summed E-state index contributed by atoms with van der Waals surface area (Å²) in [7, 11) is 0. The third kappa shape index (κ3) is 4.35. The number of aromatic nitrogens is 1. The Morgan fingerprint density at radius 2 is 1.87 bits per heavy atom. The molecule has 0 aliphatic carbocycles. The van der Waals surface area contributed by atoms with Gasteiger partial charge in [0.2, 0.25) is 5.91 Å². The summed E-state index contributed by atoms with van der Waals surface area (Å²) < 4.78 is 53.2. The van der Waals surface area contributed by atoms with Crippen LogP contribution in [0, 0.1) is 12.7 Å². The Bertz CT molecular complexity index is 1170. The number of benzene rings is 2. The van der Waals surface area contributed by atoms with Crippen LogP contribution in [-0.4, -0.2) is 17.0 Å². The van der Waals surface area contributed by atoms with E-state index in [9.17, 15) is 27.2 Å². The molecule has 30 heavy (non-hydrogen) atoms. The summed E-state index contributed by atoms with van der Waals surface area (Å²) >= 11 is 0. The number of alkyl halides is 3. The number of carbonyl (C=O) groups is 1. The lowest BCUT2D eigenvalue weighted by Crippen LogP contribution is -2.24. The van der Waals surface area contributed by atoms with Gasteiger partial charge in [0.25, 0.3) is 5.56 Å². The number of pyridine rings is 1. The second-order valence-corrected chi connectivity index (χ2v) is 6.86. The van der Waals surface area contributed by atoms with E-state index in [4.69, 9.17) is 5.73 Å². The van der Waals surface area contributed by atoms with Gasteiger partial charge in [-0.15, -0.1) is 0 Å². The molecule has 3 aromatic rings. The quantitative estimate of drug-likeness (QED) is 0.618. The normalized spacial score (nSPS) is 11.7. The number of fused-ring (bicyclic) bond motifs is 1. The molecular formula is C21H19F4N3O2. The summed E-state index contributed by atoms with van der Waals surface area (Å²) in [6.07, 6.45) is -3.55. The Morgan fingerprint density at radius 1 is 1.13 bits per heavy atom. The van der Waals surface area contributed by atoms with Crippen LogP contribution >= 0.6 is 0 Å². The van der Waals surface area contributed by atoms with Crippen molar-refractivity contribution in [1.29, 1.82) is 0 Å². The van der Waals surface area contributed by atoms with Crippen molar-refractivity contribution in [3.63, 3.8) is 0 Å². The Morgan fingerprint density at radius 3 is 2.50 bits per heavy atom. The van der Waals surface area contributed by atoms with Gasteiger partial charge in [-0.25, -0.2) is 4.39 Å². The maximum absolute atomic E-state index is 13.7. The number of halogens is 4. The summed E-state index contributed by atoms with van der Waals surface area (Å²) in [6.45, 7) is 2.40. The number of nitrogens with one attached hydrogen (secondary N) is 1. The molecule has 0 spiro atoms. The lowest BCUT2D eigenvalue weighted by Gasteiger charge is -2.14. The number of carbonyl (C=O) groups excluding carboxylic acids is 1. The van der Waals surface area contributed by atoms with Crippen LogP contribution < -0.4 is 16.6 Å². The van der Waals surface area contributed by atoms with Gasteiger partial charge in [0.05, 0.1) is 17.7 Å². The summed E-state index contributed by atoms with van der Waals surface area (Å²) in [4.78, 5) is 25.0. The van der Waals surface area contributed by atoms with E-state index >= 15 is 0 Å². The van der Waals surface area contributed by atoms with Crippen molar-refractivity contribution in [1.82, 2.24) is 4.57 Å². The van der Waals surface area contributed by atoms with Crippen LogP contribution in [0.15, 0.2) is 47.4 Å². The maximum Gasteiger partial charge on any atom is 0.419 e. The zero-order chi connectivity index (χ0) is 22.1. The third-order valence-corrected chi connectivity index (χ3v) is 4.70. The first-order valence-electron chi connectivity index (χ1n) is 9.10. The molecule has 3 N–H and O–H groups in total.